The summed E-state index contributed by atoms with van der Waals surface area (Å²) >= 11 is 0. The van der Waals surface area contributed by atoms with E-state index in [0.29, 0.717) is 51.7 Å². The number of carbonyl (C=O) groups is 3. The SMILES string of the molecule is O=C(O)NC1(C(=O)N2CCC3(CC2)C(=O)N(Cc2ncc4ccccc4c2CCCCO)c2cnccc23)CC1. The summed E-state index contributed by atoms with van der Waals surface area (Å²) in [6.07, 6.45) is 8.29. The number of amides is 3. The summed E-state index contributed by atoms with van der Waals surface area (Å²) in [4.78, 5) is 51.3. The van der Waals surface area contributed by atoms with Crippen molar-refractivity contribution in [1.82, 2.24) is 20.2 Å². The van der Waals surface area contributed by atoms with Crippen molar-refractivity contribution in [2.24, 2.45) is 0 Å². The number of nitrogens with one attached hydrogen (secondary N) is 1. The van der Waals surface area contributed by atoms with E-state index in [2.05, 4.69) is 16.4 Å². The van der Waals surface area contributed by atoms with E-state index in [1.165, 1.54) is 0 Å². The van der Waals surface area contributed by atoms with Gasteiger partial charge >= 0.3 is 6.09 Å². The first-order valence-corrected chi connectivity index (χ1v) is 13.9. The second kappa shape index (κ2) is 10.2. The predicted octanol–water partition coefficient (Wildman–Crippen LogP) is 3.15. The molecule has 2 fully saturated rings. The number of hydrogen-bond donors (Lipinski definition) is 3. The lowest BCUT2D eigenvalue weighted by Gasteiger charge is -2.39. The number of carboxylic acid groups (broad SMARTS) is 1. The Labute approximate surface area is 232 Å². The zero-order chi connectivity index (χ0) is 27.9. The van der Waals surface area contributed by atoms with Gasteiger partial charge < -0.3 is 25.3 Å². The molecular weight excluding hydrogens is 510 g/mol. The molecule has 3 amide bonds. The summed E-state index contributed by atoms with van der Waals surface area (Å²) in [6.45, 7) is 1.20. The Balaban J connectivity index is 1.28. The number of aromatic nitrogens is 2. The highest BCUT2D eigenvalue weighted by Gasteiger charge is 2.57. The van der Waals surface area contributed by atoms with Crippen molar-refractivity contribution in [3.05, 3.63) is 65.7 Å². The standard InChI is InChI=1S/C30H33N5O5/c36-16-4-3-7-22-21-6-2-1-5-20(21)17-32-24(22)19-35-25-18-31-13-8-23(25)29(26(35)37)11-14-34(15-12-29)27(38)30(9-10-30)33-28(39)40/h1-2,5-6,8,13,17-18,33,36H,3-4,7,9-12,14-16,19H2,(H,39,40). The van der Waals surface area contributed by atoms with Crippen LogP contribution in [0.3, 0.4) is 0 Å². The van der Waals surface area contributed by atoms with E-state index in [4.69, 9.17) is 4.98 Å². The fourth-order valence-electron chi connectivity index (χ4n) is 6.49. The average Bonchev–Trinajstić information content (AvgIpc) is 3.71. The number of unbranched alkanes of at least 4 members (excludes halogenated alkanes) is 1. The molecule has 1 aliphatic carbocycles. The Morgan fingerprint density at radius 1 is 1.02 bits per heavy atom. The maximum atomic E-state index is 14.3. The van der Waals surface area contributed by atoms with Crippen molar-refractivity contribution in [3.8, 4) is 0 Å². The Morgan fingerprint density at radius 2 is 1.80 bits per heavy atom. The number of nitrogens with zero attached hydrogens (tertiary/aromatic N) is 4. The van der Waals surface area contributed by atoms with Gasteiger partial charge in [-0.1, -0.05) is 24.3 Å². The minimum Gasteiger partial charge on any atom is -0.465 e. The van der Waals surface area contributed by atoms with Crippen LogP contribution in [0.15, 0.2) is 48.9 Å². The molecule has 1 saturated carbocycles. The number of piperidine rings is 1. The number of aryl methyl sites for hydroxylation is 1. The van der Waals surface area contributed by atoms with Gasteiger partial charge in [-0.2, -0.15) is 0 Å². The topological polar surface area (TPSA) is 136 Å². The van der Waals surface area contributed by atoms with Crippen LogP contribution in [0.2, 0.25) is 0 Å². The molecule has 4 heterocycles. The number of carbonyl (C=O) groups excluding carboxylic acids is 2. The number of rotatable bonds is 8. The minimum absolute atomic E-state index is 0.0105. The number of anilines is 1. The highest BCUT2D eigenvalue weighted by atomic mass is 16.4. The molecule has 0 radical (unpaired) electrons. The molecule has 10 heteroatoms. The summed E-state index contributed by atoms with van der Waals surface area (Å²) in [5.41, 5.74) is 1.84. The molecule has 3 N–H and O–H groups in total. The smallest absolute Gasteiger partial charge is 0.405 e. The van der Waals surface area contributed by atoms with Crippen molar-refractivity contribution >= 4 is 34.4 Å². The van der Waals surface area contributed by atoms with Crippen LogP contribution in [-0.2, 0) is 28.0 Å². The second-order valence-electron chi connectivity index (χ2n) is 11.1. The molecule has 1 aromatic carbocycles. The van der Waals surface area contributed by atoms with E-state index >= 15 is 0 Å². The molecule has 3 aromatic rings. The van der Waals surface area contributed by atoms with E-state index in [-0.39, 0.29) is 18.4 Å². The molecular formula is C30H33N5O5. The zero-order valence-electron chi connectivity index (χ0n) is 22.3. The quantitative estimate of drug-likeness (QED) is 0.371. The number of benzene rings is 1. The summed E-state index contributed by atoms with van der Waals surface area (Å²) in [7, 11) is 0. The molecule has 0 bridgehead atoms. The molecule has 1 spiro atoms. The van der Waals surface area contributed by atoms with Crippen LogP contribution in [0.4, 0.5) is 10.5 Å². The Hall–Kier alpha value is -4.05. The Morgan fingerprint density at radius 3 is 2.52 bits per heavy atom. The van der Waals surface area contributed by atoms with Crippen LogP contribution in [-0.4, -0.2) is 68.2 Å². The molecule has 10 nitrogen and oxygen atoms in total. The van der Waals surface area contributed by atoms with Gasteiger partial charge in [-0.3, -0.25) is 19.6 Å². The van der Waals surface area contributed by atoms with Crippen LogP contribution < -0.4 is 10.2 Å². The lowest BCUT2D eigenvalue weighted by Crippen LogP contribution is -2.55. The fraction of sp³-hybridized carbons (Fsp3) is 0.433. The second-order valence-corrected chi connectivity index (χ2v) is 11.1. The summed E-state index contributed by atoms with van der Waals surface area (Å²) in [5, 5.41) is 23.1. The fourth-order valence-corrected chi connectivity index (χ4v) is 6.49. The highest BCUT2D eigenvalue weighted by molar-refractivity contribution is 6.08. The summed E-state index contributed by atoms with van der Waals surface area (Å²) in [5.74, 6) is -0.210. The number of fused-ring (bicyclic) bond motifs is 3. The van der Waals surface area contributed by atoms with Crippen molar-refractivity contribution in [1.29, 1.82) is 0 Å². The zero-order valence-corrected chi connectivity index (χ0v) is 22.3. The third-order valence-electron chi connectivity index (χ3n) is 8.81. The third-order valence-corrected chi connectivity index (χ3v) is 8.81. The number of likely N-dealkylation sites (tertiary alicyclic amines) is 1. The van der Waals surface area contributed by atoms with Crippen molar-refractivity contribution in [2.45, 2.75) is 62.4 Å². The van der Waals surface area contributed by atoms with E-state index < -0.39 is 17.0 Å². The van der Waals surface area contributed by atoms with E-state index in [1.807, 2.05) is 30.5 Å². The monoisotopic (exact) mass is 543 g/mol. The Kier molecular flexibility index (Phi) is 6.66. The normalized spacial score (nSPS) is 18.7. The van der Waals surface area contributed by atoms with Gasteiger partial charge in [0.2, 0.25) is 11.8 Å². The van der Waals surface area contributed by atoms with Gasteiger partial charge in [-0.05, 0) is 67.5 Å². The van der Waals surface area contributed by atoms with Gasteiger partial charge in [0.05, 0.1) is 29.5 Å². The number of pyridine rings is 2. The van der Waals surface area contributed by atoms with E-state index in [1.54, 1.807) is 22.2 Å². The highest BCUT2D eigenvalue weighted by Crippen LogP contribution is 2.49. The van der Waals surface area contributed by atoms with E-state index in [0.717, 1.165) is 46.1 Å². The van der Waals surface area contributed by atoms with Crippen LogP contribution in [0.25, 0.3) is 10.8 Å². The molecule has 6 rings (SSSR count). The number of hydrogen-bond acceptors (Lipinski definition) is 6. The molecule has 2 aliphatic heterocycles. The molecule has 0 unspecified atom stereocenters. The van der Waals surface area contributed by atoms with Crippen LogP contribution >= 0.6 is 0 Å². The molecule has 3 aliphatic rings. The average molecular weight is 544 g/mol. The van der Waals surface area contributed by atoms with Crippen LogP contribution in [0, 0.1) is 0 Å². The lowest BCUT2D eigenvalue weighted by atomic mass is 9.74. The maximum absolute atomic E-state index is 14.3. The van der Waals surface area contributed by atoms with Gasteiger partial charge in [-0.25, -0.2) is 4.79 Å². The van der Waals surface area contributed by atoms with Gasteiger partial charge in [0, 0.05) is 37.5 Å². The van der Waals surface area contributed by atoms with Crippen molar-refractivity contribution in [3.63, 3.8) is 0 Å². The molecule has 0 atom stereocenters. The molecule has 2 aromatic heterocycles. The lowest BCUT2D eigenvalue weighted by molar-refractivity contribution is -0.138. The first-order valence-electron chi connectivity index (χ1n) is 13.9. The van der Waals surface area contributed by atoms with E-state index in [9.17, 15) is 24.6 Å². The van der Waals surface area contributed by atoms with Gasteiger partial charge in [0.25, 0.3) is 0 Å². The minimum atomic E-state index is -1.19. The molecule has 40 heavy (non-hydrogen) atoms. The van der Waals surface area contributed by atoms with Gasteiger partial charge in [0.1, 0.15) is 5.54 Å². The van der Waals surface area contributed by atoms with Gasteiger partial charge in [0.15, 0.2) is 0 Å². The van der Waals surface area contributed by atoms with Crippen molar-refractivity contribution < 1.29 is 24.6 Å². The van der Waals surface area contributed by atoms with Crippen molar-refractivity contribution in [2.75, 3.05) is 24.6 Å². The van der Waals surface area contributed by atoms with Crippen LogP contribution in [0.1, 0.15) is 55.3 Å². The summed E-state index contributed by atoms with van der Waals surface area (Å²) < 4.78 is 0. The maximum Gasteiger partial charge on any atom is 0.405 e. The first-order chi connectivity index (χ1) is 19.4. The number of aliphatic hydroxyl groups excluding tert-OH is 1. The van der Waals surface area contributed by atoms with Crippen LogP contribution in [0.5, 0.6) is 0 Å². The third kappa shape index (κ3) is 4.36. The first kappa shape index (κ1) is 26.2. The summed E-state index contributed by atoms with van der Waals surface area (Å²) in [6, 6.07) is 10.0. The van der Waals surface area contributed by atoms with Gasteiger partial charge in [-0.15, -0.1) is 0 Å². The Bertz CT molecular complexity index is 1480. The molecule has 208 valence electrons. The predicted molar refractivity (Wildman–Crippen MR) is 148 cm³/mol. The molecule has 1 saturated heterocycles. The largest absolute Gasteiger partial charge is 0.465 e. The number of aliphatic hydroxyl groups is 1.